The third-order valence-corrected chi connectivity index (χ3v) is 6.44. The van der Waals surface area contributed by atoms with Crippen molar-refractivity contribution in [3.05, 3.63) is 42.5 Å². The number of urea groups is 1. The minimum Gasteiger partial charge on any atom is -0.456 e. The SMILES string of the molecule is CN(C)C(=O)N1CCN(C(=O)CS(=O)c2ccc3oc4ccccc4c3c2)CC1. The number of hydrogen-bond acceptors (Lipinski definition) is 4. The smallest absolute Gasteiger partial charge is 0.319 e. The minimum atomic E-state index is -1.44. The molecule has 1 aliphatic heterocycles. The van der Waals surface area contributed by atoms with Gasteiger partial charge in [-0.15, -0.1) is 0 Å². The Balaban J connectivity index is 1.43. The lowest BCUT2D eigenvalue weighted by molar-refractivity contribution is -0.129. The molecule has 2 heterocycles. The molecule has 3 aromatic rings. The fourth-order valence-corrected chi connectivity index (χ4v) is 4.61. The lowest BCUT2D eigenvalue weighted by Crippen LogP contribution is -2.53. The number of piperazine rings is 1. The van der Waals surface area contributed by atoms with Crippen molar-refractivity contribution in [2.24, 2.45) is 0 Å². The van der Waals surface area contributed by atoms with Gasteiger partial charge in [-0.3, -0.25) is 9.00 Å². The van der Waals surface area contributed by atoms with E-state index in [1.54, 1.807) is 36.0 Å². The lowest BCUT2D eigenvalue weighted by atomic mass is 10.1. The second kappa shape index (κ2) is 7.87. The van der Waals surface area contributed by atoms with Gasteiger partial charge >= 0.3 is 6.03 Å². The van der Waals surface area contributed by atoms with Gasteiger partial charge in [0.2, 0.25) is 5.91 Å². The number of carbonyl (C=O) groups excluding carboxylic acids is 2. The highest BCUT2D eigenvalue weighted by atomic mass is 32.2. The Morgan fingerprint density at radius 2 is 1.62 bits per heavy atom. The summed E-state index contributed by atoms with van der Waals surface area (Å²) in [7, 11) is 1.98. The van der Waals surface area contributed by atoms with E-state index in [1.807, 2.05) is 30.3 Å². The van der Waals surface area contributed by atoms with E-state index in [1.165, 1.54) is 4.90 Å². The molecule has 1 aromatic heterocycles. The molecule has 0 spiro atoms. The molecule has 0 bridgehead atoms. The van der Waals surface area contributed by atoms with Crippen LogP contribution in [0.5, 0.6) is 0 Å². The lowest BCUT2D eigenvalue weighted by Gasteiger charge is -2.35. The van der Waals surface area contributed by atoms with E-state index >= 15 is 0 Å². The summed E-state index contributed by atoms with van der Waals surface area (Å²) in [5, 5.41) is 1.86. The highest BCUT2D eigenvalue weighted by Crippen LogP contribution is 2.30. The summed E-state index contributed by atoms with van der Waals surface area (Å²) in [5.41, 5.74) is 1.52. The molecular weight excluding hydrogens is 390 g/mol. The Hall–Kier alpha value is -2.87. The third kappa shape index (κ3) is 3.85. The maximum absolute atomic E-state index is 12.8. The number of benzene rings is 2. The van der Waals surface area contributed by atoms with Crippen molar-refractivity contribution < 1.29 is 18.2 Å². The standard InChI is InChI=1S/C21H23N3O4S/c1-22(2)21(26)24-11-9-23(10-12-24)20(25)14-29(27)15-7-8-19-17(13-15)16-5-3-4-6-18(16)28-19/h3-8,13H,9-12,14H2,1-2H3. The average molecular weight is 413 g/mol. The Labute approximate surface area is 171 Å². The predicted molar refractivity (Wildman–Crippen MR) is 112 cm³/mol. The van der Waals surface area contributed by atoms with Crippen LogP contribution in [0.2, 0.25) is 0 Å². The summed E-state index contributed by atoms with van der Waals surface area (Å²) in [6.07, 6.45) is 0. The molecule has 152 valence electrons. The van der Waals surface area contributed by atoms with Gasteiger partial charge in [-0.05, 0) is 24.3 Å². The maximum Gasteiger partial charge on any atom is 0.319 e. The first kappa shape index (κ1) is 19.4. The van der Waals surface area contributed by atoms with Gasteiger partial charge in [0.05, 0.1) is 10.8 Å². The van der Waals surface area contributed by atoms with Crippen LogP contribution < -0.4 is 0 Å². The van der Waals surface area contributed by atoms with Crippen LogP contribution >= 0.6 is 0 Å². The Bertz CT molecular complexity index is 1100. The number of furan rings is 1. The summed E-state index contributed by atoms with van der Waals surface area (Å²) in [4.78, 5) is 30.2. The molecule has 0 aliphatic carbocycles. The van der Waals surface area contributed by atoms with Crippen LogP contribution in [0.15, 0.2) is 51.8 Å². The van der Waals surface area contributed by atoms with Gasteiger partial charge in [0.25, 0.3) is 0 Å². The van der Waals surface area contributed by atoms with Gasteiger partial charge in [-0.2, -0.15) is 0 Å². The molecule has 8 heteroatoms. The van der Waals surface area contributed by atoms with Crippen LogP contribution in [0.4, 0.5) is 4.79 Å². The first-order valence-electron chi connectivity index (χ1n) is 9.48. The zero-order valence-electron chi connectivity index (χ0n) is 16.5. The van der Waals surface area contributed by atoms with Crippen LogP contribution in [-0.2, 0) is 15.6 Å². The van der Waals surface area contributed by atoms with E-state index in [0.717, 1.165) is 21.9 Å². The first-order chi connectivity index (χ1) is 13.9. The average Bonchev–Trinajstić information content (AvgIpc) is 3.11. The highest BCUT2D eigenvalue weighted by Gasteiger charge is 2.26. The summed E-state index contributed by atoms with van der Waals surface area (Å²) in [6.45, 7) is 1.90. The monoisotopic (exact) mass is 413 g/mol. The molecule has 7 nitrogen and oxygen atoms in total. The van der Waals surface area contributed by atoms with Gasteiger partial charge in [-0.25, -0.2) is 4.79 Å². The van der Waals surface area contributed by atoms with Crippen molar-refractivity contribution in [3.8, 4) is 0 Å². The van der Waals surface area contributed by atoms with Crippen molar-refractivity contribution in [1.82, 2.24) is 14.7 Å². The van der Waals surface area contributed by atoms with E-state index < -0.39 is 10.8 Å². The molecule has 1 atom stereocenters. The van der Waals surface area contributed by atoms with Crippen molar-refractivity contribution >= 4 is 44.7 Å². The van der Waals surface area contributed by atoms with Crippen LogP contribution in [0, 0.1) is 0 Å². The van der Waals surface area contributed by atoms with E-state index in [0.29, 0.717) is 31.1 Å². The largest absolute Gasteiger partial charge is 0.456 e. The van der Waals surface area contributed by atoms with E-state index in [9.17, 15) is 13.8 Å². The molecule has 1 saturated heterocycles. The molecule has 3 amide bonds. The number of nitrogens with zero attached hydrogens (tertiary/aromatic N) is 3. The molecule has 0 N–H and O–H groups in total. The van der Waals surface area contributed by atoms with Gasteiger partial charge in [0, 0.05) is 55.9 Å². The molecule has 29 heavy (non-hydrogen) atoms. The quantitative estimate of drug-likeness (QED) is 0.661. The molecule has 1 fully saturated rings. The number of para-hydroxylation sites is 1. The first-order valence-corrected chi connectivity index (χ1v) is 10.8. The Morgan fingerprint density at radius 3 is 2.34 bits per heavy atom. The summed E-state index contributed by atoms with van der Waals surface area (Å²) < 4.78 is 18.6. The fourth-order valence-electron chi connectivity index (χ4n) is 3.56. The fraction of sp³-hybridized carbons (Fsp3) is 0.333. The van der Waals surface area contributed by atoms with E-state index in [-0.39, 0.29) is 17.7 Å². The van der Waals surface area contributed by atoms with Crippen molar-refractivity contribution in [2.75, 3.05) is 46.0 Å². The molecule has 1 aliphatic rings. The summed E-state index contributed by atoms with van der Waals surface area (Å²) in [6, 6.07) is 13.1. The zero-order chi connectivity index (χ0) is 20.5. The van der Waals surface area contributed by atoms with Crippen molar-refractivity contribution in [2.45, 2.75) is 4.90 Å². The molecular formula is C21H23N3O4S. The normalized spacial score (nSPS) is 15.7. The summed E-state index contributed by atoms with van der Waals surface area (Å²) >= 11 is 0. The third-order valence-electron chi connectivity index (χ3n) is 5.15. The highest BCUT2D eigenvalue weighted by molar-refractivity contribution is 7.85. The number of carbonyl (C=O) groups is 2. The predicted octanol–water partition coefficient (Wildman–Crippen LogP) is 2.52. The molecule has 1 unspecified atom stereocenters. The van der Waals surface area contributed by atoms with Crippen LogP contribution in [0.3, 0.4) is 0 Å². The Morgan fingerprint density at radius 1 is 0.966 bits per heavy atom. The van der Waals surface area contributed by atoms with E-state index in [4.69, 9.17) is 4.42 Å². The molecule has 2 aromatic carbocycles. The van der Waals surface area contributed by atoms with Crippen LogP contribution in [0.1, 0.15) is 0 Å². The van der Waals surface area contributed by atoms with Gasteiger partial charge in [-0.1, -0.05) is 18.2 Å². The maximum atomic E-state index is 12.8. The topological polar surface area (TPSA) is 74.1 Å². The van der Waals surface area contributed by atoms with Gasteiger partial charge < -0.3 is 19.1 Å². The summed E-state index contributed by atoms with van der Waals surface area (Å²) in [5.74, 6) is -0.222. The van der Waals surface area contributed by atoms with Crippen molar-refractivity contribution in [1.29, 1.82) is 0 Å². The number of amides is 3. The second-order valence-corrected chi connectivity index (χ2v) is 8.74. The number of rotatable bonds is 3. The Kier molecular flexibility index (Phi) is 5.27. The van der Waals surface area contributed by atoms with Crippen LogP contribution in [0.25, 0.3) is 21.9 Å². The molecule has 0 radical (unpaired) electrons. The molecule has 4 rings (SSSR count). The van der Waals surface area contributed by atoms with Gasteiger partial charge in [0.1, 0.15) is 16.9 Å². The van der Waals surface area contributed by atoms with Gasteiger partial charge in [0.15, 0.2) is 0 Å². The van der Waals surface area contributed by atoms with E-state index in [2.05, 4.69) is 0 Å². The minimum absolute atomic E-state index is 0.0543. The molecule has 0 saturated carbocycles. The number of fused-ring (bicyclic) bond motifs is 3. The number of hydrogen-bond donors (Lipinski definition) is 0. The van der Waals surface area contributed by atoms with Crippen molar-refractivity contribution in [3.63, 3.8) is 0 Å². The van der Waals surface area contributed by atoms with Crippen LogP contribution in [-0.4, -0.2) is 76.9 Å². The zero-order valence-corrected chi connectivity index (χ0v) is 17.3. The second-order valence-electron chi connectivity index (χ2n) is 7.29.